The molecule has 14 heteroatoms. The lowest BCUT2D eigenvalue weighted by Gasteiger charge is -2.24. The van der Waals surface area contributed by atoms with Gasteiger partial charge < -0.3 is 14.6 Å². The second kappa shape index (κ2) is 13.2. The van der Waals surface area contributed by atoms with E-state index in [0.717, 1.165) is 41.4 Å². The predicted octanol–water partition coefficient (Wildman–Crippen LogP) is 2.62. The third-order valence-corrected chi connectivity index (χ3v) is 7.09. The Balaban J connectivity index is 1.75. The van der Waals surface area contributed by atoms with Crippen LogP contribution in [0.2, 0.25) is 0 Å². The number of hydroxylamine groups is 1. The Hall–Kier alpha value is -2.96. The number of benzene rings is 1. The van der Waals surface area contributed by atoms with Crippen molar-refractivity contribution in [3.05, 3.63) is 63.4 Å². The van der Waals surface area contributed by atoms with Gasteiger partial charge in [-0.3, -0.25) is 24.0 Å². The molecular formula is C24H32FN3O9P+. The number of carbonyl (C=O) groups excluding carboxylic acids is 1. The van der Waals surface area contributed by atoms with Gasteiger partial charge in [0.05, 0.1) is 11.4 Å². The third kappa shape index (κ3) is 7.12. The minimum atomic E-state index is -2.80. The van der Waals surface area contributed by atoms with Crippen LogP contribution in [0, 0.1) is 0 Å². The normalized spacial score (nSPS) is 24.3. The van der Waals surface area contributed by atoms with Crippen molar-refractivity contribution in [2.24, 2.45) is 0 Å². The molecule has 2 aromatic rings. The van der Waals surface area contributed by atoms with E-state index in [0.29, 0.717) is 6.42 Å². The van der Waals surface area contributed by atoms with Crippen LogP contribution in [0.4, 0.5) is 4.39 Å². The van der Waals surface area contributed by atoms with E-state index in [9.17, 15) is 24.1 Å². The SMILES string of the molecule is CCCCCOC(=O)[C@H](C)N(OC[C@H]1O[C@@H](n2ccc(=O)[nH]c2=O)[C@](C)(F)[C@@H]1O)[P+](=O)Oc1ccccc1. The highest BCUT2D eigenvalue weighted by molar-refractivity contribution is 7.36. The van der Waals surface area contributed by atoms with Gasteiger partial charge >= 0.3 is 19.8 Å². The van der Waals surface area contributed by atoms with Crippen LogP contribution in [0.3, 0.4) is 0 Å². The Bertz CT molecular complexity index is 1210. The van der Waals surface area contributed by atoms with Gasteiger partial charge in [0.2, 0.25) is 0 Å². The van der Waals surface area contributed by atoms with Gasteiger partial charge in [0, 0.05) is 16.8 Å². The molecule has 0 amide bonds. The van der Waals surface area contributed by atoms with Gasteiger partial charge in [0.25, 0.3) is 5.56 Å². The molecule has 12 nitrogen and oxygen atoms in total. The van der Waals surface area contributed by atoms with E-state index in [1.165, 1.54) is 6.92 Å². The molecule has 0 bridgehead atoms. The fourth-order valence-electron chi connectivity index (χ4n) is 3.76. The summed E-state index contributed by atoms with van der Waals surface area (Å²) in [6, 6.07) is 8.00. The van der Waals surface area contributed by atoms with Crippen LogP contribution in [-0.2, 0) is 23.7 Å². The van der Waals surface area contributed by atoms with E-state index in [-0.39, 0.29) is 12.4 Å². The summed E-state index contributed by atoms with van der Waals surface area (Å²) in [4.78, 5) is 44.6. The number of aliphatic hydroxyl groups is 1. The Morgan fingerprint density at radius 3 is 2.66 bits per heavy atom. The molecular weight excluding hydrogens is 524 g/mol. The highest BCUT2D eigenvalue weighted by atomic mass is 31.1. The second-order valence-corrected chi connectivity index (χ2v) is 9.98. The van der Waals surface area contributed by atoms with Gasteiger partial charge in [-0.1, -0.05) is 38.0 Å². The van der Waals surface area contributed by atoms with Crippen LogP contribution in [0.1, 0.15) is 46.3 Å². The van der Waals surface area contributed by atoms with Crippen LogP contribution in [-0.4, -0.2) is 62.6 Å². The van der Waals surface area contributed by atoms with Crippen LogP contribution in [0.5, 0.6) is 5.75 Å². The lowest BCUT2D eigenvalue weighted by atomic mass is 9.98. The first-order valence-corrected chi connectivity index (χ1v) is 13.3. The number of H-pyrrole nitrogens is 1. The molecule has 1 aromatic heterocycles. The fourth-order valence-corrected chi connectivity index (χ4v) is 4.68. The molecule has 208 valence electrons. The Morgan fingerprint density at radius 2 is 2.00 bits per heavy atom. The molecule has 1 unspecified atom stereocenters. The molecule has 1 fully saturated rings. The van der Waals surface area contributed by atoms with Gasteiger partial charge in [-0.2, -0.15) is 0 Å². The first-order chi connectivity index (χ1) is 18.1. The summed E-state index contributed by atoms with van der Waals surface area (Å²) in [5, 5.41) is 10.6. The lowest BCUT2D eigenvalue weighted by molar-refractivity contribution is -0.181. The van der Waals surface area contributed by atoms with Gasteiger partial charge in [-0.15, -0.1) is 0 Å². The number of aliphatic hydroxyl groups excluding tert-OH is 1. The number of aromatic amines is 1. The number of rotatable bonds is 13. The van der Waals surface area contributed by atoms with Crippen molar-refractivity contribution in [2.75, 3.05) is 13.2 Å². The highest BCUT2D eigenvalue weighted by Gasteiger charge is 2.56. The molecule has 0 saturated carbocycles. The minimum absolute atomic E-state index is 0.168. The number of esters is 1. The second-order valence-electron chi connectivity index (χ2n) is 8.93. The van der Waals surface area contributed by atoms with E-state index in [4.69, 9.17) is 18.8 Å². The molecule has 0 aliphatic carbocycles. The van der Waals surface area contributed by atoms with E-state index >= 15 is 4.39 Å². The van der Waals surface area contributed by atoms with E-state index in [1.54, 1.807) is 30.3 Å². The molecule has 0 radical (unpaired) electrons. The molecule has 38 heavy (non-hydrogen) atoms. The maximum absolute atomic E-state index is 15.5. The van der Waals surface area contributed by atoms with Gasteiger partial charge in [-0.05, 0) is 32.4 Å². The van der Waals surface area contributed by atoms with Crippen molar-refractivity contribution >= 4 is 14.1 Å². The maximum Gasteiger partial charge on any atom is 0.693 e. The zero-order valence-corrected chi connectivity index (χ0v) is 22.2. The van der Waals surface area contributed by atoms with Crippen molar-refractivity contribution in [1.82, 2.24) is 14.4 Å². The number of hydrogen-bond acceptors (Lipinski definition) is 9. The number of nitrogens with one attached hydrogen (secondary N) is 1. The number of para-hydroxylation sites is 1. The van der Waals surface area contributed by atoms with Crippen molar-refractivity contribution < 1.29 is 37.7 Å². The topological polar surface area (TPSA) is 149 Å². The zero-order valence-electron chi connectivity index (χ0n) is 21.3. The molecule has 1 saturated heterocycles. The monoisotopic (exact) mass is 556 g/mol. The van der Waals surface area contributed by atoms with Crippen LogP contribution < -0.4 is 15.8 Å². The van der Waals surface area contributed by atoms with E-state index in [1.807, 2.05) is 11.9 Å². The first kappa shape index (κ1) is 29.6. The average Bonchev–Trinajstić information content (AvgIpc) is 3.10. The third-order valence-electron chi connectivity index (χ3n) is 5.94. The summed E-state index contributed by atoms with van der Waals surface area (Å²) in [7, 11) is -2.80. The fraction of sp³-hybridized carbons (Fsp3) is 0.542. The molecule has 1 aliphatic rings. The minimum Gasteiger partial charge on any atom is -0.464 e. The lowest BCUT2D eigenvalue weighted by Crippen LogP contribution is -2.44. The number of unbranched alkanes of at least 4 members (excludes halogenated alkanes) is 2. The van der Waals surface area contributed by atoms with Crippen molar-refractivity contribution in [3.63, 3.8) is 0 Å². The van der Waals surface area contributed by atoms with Crippen LogP contribution >= 0.6 is 8.18 Å². The molecule has 3 rings (SSSR count). The van der Waals surface area contributed by atoms with Crippen molar-refractivity contribution in [1.29, 1.82) is 0 Å². The van der Waals surface area contributed by atoms with Crippen molar-refractivity contribution in [3.8, 4) is 5.75 Å². The Labute approximate surface area is 219 Å². The van der Waals surface area contributed by atoms with E-state index in [2.05, 4.69) is 0 Å². The number of nitrogens with zero attached hydrogens (tertiary/aromatic N) is 2. The summed E-state index contributed by atoms with van der Waals surface area (Å²) in [5.74, 6) is -0.473. The maximum atomic E-state index is 15.5. The predicted molar refractivity (Wildman–Crippen MR) is 133 cm³/mol. The summed E-state index contributed by atoms with van der Waals surface area (Å²) in [6.07, 6.45) is -1.21. The quantitative estimate of drug-likeness (QED) is 0.163. The molecule has 2 heterocycles. The zero-order chi connectivity index (χ0) is 27.9. The van der Waals surface area contributed by atoms with E-state index < -0.39 is 62.2 Å². The number of ether oxygens (including phenoxy) is 2. The number of hydrogen-bond donors (Lipinski definition) is 2. The summed E-state index contributed by atoms with van der Waals surface area (Å²) >= 11 is 0. The number of aromatic nitrogens is 2. The van der Waals surface area contributed by atoms with Gasteiger partial charge in [-0.25, -0.2) is 13.7 Å². The summed E-state index contributed by atoms with van der Waals surface area (Å²) < 4.78 is 45.7. The molecule has 1 aromatic carbocycles. The summed E-state index contributed by atoms with van der Waals surface area (Å²) in [6.45, 7) is 4.06. The molecule has 6 atom stereocenters. The van der Waals surface area contributed by atoms with Crippen molar-refractivity contribution in [2.45, 2.75) is 70.2 Å². The number of carbonyl (C=O) groups is 1. The Kier molecular flexibility index (Phi) is 10.3. The summed E-state index contributed by atoms with van der Waals surface area (Å²) in [5.41, 5.74) is -4.08. The number of alkyl halides is 1. The molecule has 0 spiro atoms. The van der Waals surface area contributed by atoms with Gasteiger partial charge in [0.1, 0.15) is 18.8 Å². The first-order valence-electron chi connectivity index (χ1n) is 12.2. The van der Waals surface area contributed by atoms with Crippen LogP contribution in [0.15, 0.2) is 52.2 Å². The highest BCUT2D eigenvalue weighted by Crippen LogP contribution is 2.41. The smallest absolute Gasteiger partial charge is 0.464 e. The standard InChI is InChI=1S/C24H31FN3O9P/c1-4-5-9-14-34-21(31)16(2)28(38(33)37-17-10-7-6-8-11-17)35-15-18-20(30)24(3,25)22(36-18)27-13-12-19(29)26-23(27)32/h6-8,10-13,16,18,20,22,30H,4-5,9,14-15H2,1-3H3/p+1/t16-,18+,20+,22+,24+/m0/s1. The number of halogens is 1. The molecule has 1 aliphatic heterocycles. The van der Waals surface area contributed by atoms with Crippen LogP contribution in [0.25, 0.3) is 0 Å². The Morgan fingerprint density at radius 1 is 1.29 bits per heavy atom. The van der Waals surface area contributed by atoms with Gasteiger partial charge in [0.15, 0.2) is 23.7 Å². The largest absolute Gasteiger partial charge is 0.693 e. The molecule has 2 N–H and O–H groups in total. The average molecular weight is 557 g/mol.